The Morgan fingerprint density at radius 1 is 1.26 bits per heavy atom. The van der Waals surface area contributed by atoms with E-state index in [-0.39, 0.29) is 5.95 Å². The van der Waals surface area contributed by atoms with Gasteiger partial charge in [0, 0.05) is 6.54 Å². The van der Waals surface area contributed by atoms with E-state index in [1.807, 2.05) is 27.7 Å². The molecule has 106 valence electrons. The highest BCUT2D eigenvalue weighted by Crippen LogP contribution is 2.36. The van der Waals surface area contributed by atoms with Crippen LogP contribution in [0.25, 0.3) is 0 Å². The molecule has 0 saturated carbocycles. The normalized spacial score (nSPS) is 21.1. The molecule has 0 aliphatic carbocycles. The molecule has 1 aliphatic rings. The molecule has 1 fully saturated rings. The minimum Gasteiger partial charge on any atom is -0.399 e. The summed E-state index contributed by atoms with van der Waals surface area (Å²) < 4.78 is 27.3. The van der Waals surface area contributed by atoms with Gasteiger partial charge >= 0.3 is 7.12 Å². The molecule has 0 unspecified atom stereocenters. The van der Waals surface area contributed by atoms with Crippen molar-refractivity contribution in [2.24, 2.45) is 0 Å². The third-order valence-corrected chi connectivity index (χ3v) is 4.03. The van der Waals surface area contributed by atoms with Crippen LogP contribution in [-0.2, 0) is 15.9 Å². The first-order valence-corrected chi connectivity index (χ1v) is 6.85. The molecule has 1 aliphatic heterocycles. The average Bonchev–Trinajstić information content (AvgIpc) is 2.75. The smallest absolute Gasteiger partial charge is 0.399 e. The third kappa shape index (κ3) is 2.56. The van der Waals surface area contributed by atoms with E-state index < -0.39 is 18.3 Å². The first kappa shape index (κ1) is 14.5. The number of hydrogen-bond acceptors (Lipinski definition) is 3. The molecule has 1 saturated heterocycles. The van der Waals surface area contributed by atoms with E-state index in [4.69, 9.17) is 9.31 Å². The van der Waals surface area contributed by atoms with Gasteiger partial charge in [-0.3, -0.25) is 0 Å². The highest BCUT2D eigenvalue weighted by atomic mass is 19.1. The molecule has 6 heteroatoms. The van der Waals surface area contributed by atoms with E-state index in [1.165, 1.54) is 10.9 Å². The maximum atomic E-state index is 14.3. The van der Waals surface area contributed by atoms with Gasteiger partial charge in [-0.1, -0.05) is 13.3 Å². The maximum Gasteiger partial charge on any atom is 0.501 e. The number of aromatic nitrogens is 2. The SMILES string of the molecule is CCCCn1ncc(B2OC(C)(C)C(C)(C)O2)c1F. The van der Waals surface area contributed by atoms with Crippen molar-refractivity contribution < 1.29 is 13.7 Å². The molecule has 1 aromatic rings. The molecular weight excluding hydrogens is 246 g/mol. The number of hydrogen-bond donors (Lipinski definition) is 0. The van der Waals surface area contributed by atoms with Crippen molar-refractivity contribution in [2.45, 2.75) is 65.2 Å². The lowest BCUT2D eigenvalue weighted by Gasteiger charge is -2.32. The van der Waals surface area contributed by atoms with Crippen LogP contribution in [-0.4, -0.2) is 28.1 Å². The van der Waals surface area contributed by atoms with Crippen molar-refractivity contribution in [1.29, 1.82) is 0 Å². The van der Waals surface area contributed by atoms with Crippen LogP contribution in [0.3, 0.4) is 0 Å². The van der Waals surface area contributed by atoms with Crippen LogP contribution in [0.2, 0.25) is 0 Å². The summed E-state index contributed by atoms with van der Waals surface area (Å²) >= 11 is 0. The second-order valence-corrected chi connectivity index (χ2v) is 6.06. The summed E-state index contributed by atoms with van der Waals surface area (Å²) in [7, 11) is -0.680. The fourth-order valence-corrected chi connectivity index (χ4v) is 1.98. The number of aryl methyl sites for hydroxylation is 1. The lowest BCUT2D eigenvalue weighted by Crippen LogP contribution is -2.41. The number of unbranched alkanes of at least 4 members (excludes halogenated alkanes) is 1. The van der Waals surface area contributed by atoms with Crippen molar-refractivity contribution >= 4 is 12.6 Å². The number of nitrogens with zero attached hydrogens (tertiary/aromatic N) is 2. The summed E-state index contributed by atoms with van der Waals surface area (Å²) in [6.07, 6.45) is 3.42. The van der Waals surface area contributed by atoms with E-state index in [0.29, 0.717) is 12.0 Å². The topological polar surface area (TPSA) is 36.3 Å². The van der Waals surface area contributed by atoms with Gasteiger partial charge in [0.15, 0.2) is 0 Å². The summed E-state index contributed by atoms with van der Waals surface area (Å²) in [6, 6.07) is 0. The zero-order chi connectivity index (χ0) is 14.3. The Labute approximate surface area is 114 Å². The summed E-state index contributed by atoms with van der Waals surface area (Å²) in [5.74, 6) is -0.355. The van der Waals surface area contributed by atoms with Gasteiger partial charge in [-0.2, -0.15) is 9.49 Å². The molecule has 2 heterocycles. The minimum absolute atomic E-state index is 0.355. The van der Waals surface area contributed by atoms with Gasteiger partial charge in [-0.05, 0) is 34.1 Å². The molecule has 0 amide bonds. The highest BCUT2D eigenvalue weighted by molar-refractivity contribution is 6.62. The van der Waals surface area contributed by atoms with Crippen LogP contribution in [0.1, 0.15) is 47.5 Å². The Balaban J connectivity index is 2.18. The van der Waals surface area contributed by atoms with Gasteiger partial charge in [0.05, 0.1) is 22.9 Å². The Morgan fingerprint density at radius 2 is 1.84 bits per heavy atom. The molecule has 2 rings (SSSR count). The van der Waals surface area contributed by atoms with Crippen molar-refractivity contribution in [3.05, 3.63) is 12.1 Å². The summed E-state index contributed by atoms with van der Waals surface area (Å²) in [5, 5.41) is 4.08. The van der Waals surface area contributed by atoms with Gasteiger partial charge in [-0.25, -0.2) is 4.68 Å². The van der Waals surface area contributed by atoms with E-state index in [0.717, 1.165) is 12.8 Å². The fourth-order valence-electron chi connectivity index (χ4n) is 1.98. The molecule has 4 nitrogen and oxygen atoms in total. The predicted molar refractivity (Wildman–Crippen MR) is 72.8 cm³/mol. The Bertz CT molecular complexity index is 443. The van der Waals surface area contributed by atoms with Crippen LogP contribution >= 0.6 is 0 Å². The predicted octanol–water partition coefficient (Wildman–Crippen LogP) is 2.12. The zero-order valence-electron chi connectivity index (χ0n) is 12.4. The van der Waals surface area contributed by atoms with Crippen LogP contribution in [0.15, 0.2) is 6.20 Å². The molecule has 0 spiro atoms. The van der Waals surface area contributed by atoms with E-state index in [1.54, 1.807) is 0 Å². The summed E-state index contributed by atoms with van der Waals surface area (Å²) in [5.41, 5.74) is -0.541. The monoisotopic (exact) mass is 268 g/mol. The van der Waals surface area contributed by atoms with Gasteiger partial charge in [-0.15, -0.1) is 0 Å². The van der Waals surface area contributed by atoms with Crippen LogP contribution in [0, 0.1) is 5.95 Å². The molecule has 0 aromatic carbocycles. The van der Waals surface area contributed by atoms with Crippen molar-refractivity contribution in [3.63, 3.8) is 0 Å². The highest BCUT2D eigenvalue weighted by Gasteiger charge is 2.53. The minimum atomic E-state index is -0.680. The second-order valence-electron chi connectivity index (χ2n) is 6.06. The fraction of sp³-hybridized carbons (Fsp3) is 0.769. The lowest BCUT2D eigenvalue weighted by atomic mass is 9.81. The van der Waals surface area contributed by atoms with Gasteiger partial charge in [0.1, 0.15) is 0 Å². The molecule has 0 N–H and O–H groups in total. The Morgan fingerprint density at radius 3 is 2.37 bits per heavy atom. The van der Waals surface area contributed by atoms with Crippen molar-refractivity contribution in [2.75, 3.05) is 0 Å². The van der Waals surface area contributed by atoms with E-state index in [2.05, 4.69) is 12.0 Å². The van der Waals surface area contributed by atoms with Crippen molar-refractivity contribution in [1.82, 2.24) is 9.78 Å². The number of halogens is 1. The van der Waals surface area contributed by atoms with E-state index >= 15 is 0 Å². The van der Waals surface area contributed by atoms with Gasteiger partial charge < -0.3 is 9.31 Å². The Kier molecular flexibility index (Phi) is 3.75. The largest absolute Gasteiger partial charge is 0.501 e. The second kappa shape index (κ2) is 4.91. The molecular formula is C13H22BFN2O2. The van der Waals surface area contributed by atoms with Gasteiger partial charge in [0.25, 0.3) is 0 Å². The van der Waals surface area contributed by atoms with Crippen molar-refractivity contribution in [3.8, 4) is 0 Å². The van der Waals surface area contributed by atoms with E-state index in [9.17, 15) is 4.39 Å². The molecule has 0 bridgehead atoms. The van der Waals surface area contributed by atoms with Gasteiger partial charge in [0.2, 0.25) is 5.95 Å². The quantitative estimate of drug-likeness (QED) is 0.785. The van der Waals surface area contributed by atoms with Crippen LogP contribution in [0.4, 0.5) is 4.39 Å². The summed E-state index contributed by atoms with van der Waals surface area (Å²) in [6.45, 7) is 10.5. The zero-order valence-corrected chi connectivity index (χ0v) is 12.4. The average molecular weight is 268 g/mol. The first-order valence-electron chi connectivity index (χ1n) is 6.85. The standard InChI is InChI=1S/C13H22BFN2O2/c1-6-7-8-17-11(15)10(9-16-17)14-18-12(2,3)13(4,5)19-14/h9H,6-8H2,1-5H3. The molecule has 19 heavy (non-hydrogen) atoms. The van der Waals surface area contributed by atoms with Crippen LogP contribution < -0.4 is 5.46 Å². The lowest BCUT2D eigenvalue weighted by molar-refractivity contribution is 0.00578. The summed E-state index contributed by atoms with van der Waals surface area (Å²) in [4.78, 5) is 0. The maximum absolute atomic E-state index is 14.3. The number of rotatable bonds is 4. The molecule has 0 atom stereocenters. The molecule has 0 radical (unpaired) electrons. The van der Waals surface area contributed by atoms with Crippen LogP contribution in [0.5, 0.6) is 0 Å². The first-order chi connectivity index (χ1) is 8.78. The Hall–Kier alpha value is -0.875. The molecule has 1 aromatic heterocycles. The third-order valence-electron chi connectivity index (χ3n) is 4.03.